The summed E-state index contributed by atoms with van der Waals surface area (Å²) in [5.74, 6) is 0.262. The van der Waals surface area contributed by atoms with E-state index in [1.54, 1.807) is 30.2 Å². The fraction of sp³-hybridized carbons (Fsp3) is 0.231. The molecule has 4 rings (SSSR count). The van der Waals surface area contributed by atoms with Gasteiger partial charge in [-0.25, -0.2) is 0 Å². The number of nitrogens with one attached hydrogen (secondary N) is 1. The minimum absolute atomic E-state index is 0.00641. The highest BCUT2D eigenvalue weighted by Crippen LogP contribution is 2.22. The highest BCUT2D eigenvalue weighted by molar-refractivity contribution is 5.95. The summed E-state index contributed by atoms with van der Waals surface area (Å²) >= 11 is 0. The third kappa shape index (κ3) is 4.94. The summed E-state index contributed by atoms with van der Waals surface area (Å²) in [5, 5.41) is 2.95. The smallest absolute Gasteiger partial charge is 0.254 e. The van der Waals surface area contributed by atoms with Crippen molar-refractivity contribution in [1.29, 1.82) is 0 Å². The van der Waals surface area contributed by atoms with Crippen LogP contribution in [0, 0.1) is 5.92 Å². The van der Waals surface area contributed by atoms with Gasteiger partial charge in [0.25, 0.3) is 5.91 Å². The SMILES string of the molecule is COc1cccc(C(=O)N2CCNC(=O)C(Cc3ccc(-c4ccccc4)cc3)C2)c1. The van der Waals surface area contributed by atoms with Gasteiger partial charge >= 0.3 is 0 Å². The van der Waals surface area contributed by atoms with E-state index >= 15 is 0 Å². The van der Waals surface area contributed by atoms with Gasteiger partial charge in [-0.2, -0.15) is 0 Å². The van der Waals surface area contributed by atoms with Gasteiger partial charge in [-0.15, -0.1) is 0 Å². The molecule has 2 amide bonds. The van der Waals surface area contributed by atoms with Crippen molar-refractivity contribution in [2.75, 3.05) is 26.7 Å². The molecule has 0 radical (unpaired) electrons. The molecule has 0 bridgehead atoms. The van der Waals surface area contributed by atoms with E-state index < -0.39 is 0 Å². The fourth-order valence-electron chi connectivity index (χ4n) is 3.93. The number of ether oxygens (including phenoxy) is 1. The van der Waals surface area contributed by atoms with E-state index in [2.05, 4.69) is 41.7 Å². The van der Waals surface area contributed by atoms with Crippen LogP contribution in [0.5, 0.6) is 5.75 Å². The topological polar surface area (TPSA) is 58.6 Å². The minimum Gasteiger partial charge on any atom is -0.497 e. The van der Waals surface area contributed by atoms with Crippen molar-refractivity contribution in [2.24, 2.45) is 5.92 Å². The van der Waals surface area contributed by atoms with Gasteiger partial charge in [0, 0.05) is 25.2 Å². The van der Waals surface area contributed by atoms with Crippen LogP contribution in [0.4, 0.5) is 0 Å². The Morgan fingerprint density at radius 1 is 1.00 bits per heavy atom. The van der Waals surface area contributed by atoms with E-state index in [0.29, 0.717) is 37.4 Å². The van der Waals surface area contributed by atoms with Crippen LogP contribution in [0.1, 0.15) is 15.9 Å². The largest absolute Gasteiger partial charge is 0.497 e. The molecule has 158 valence electrons. The van der Waals surface area contributed by atoms with E-state index in [4.69, 9.17) is 4.74 Å². The monoisotopic (exact) mass is 414 g/mol. The number of hydrogen-bond acceptors (Lipinski definition) is 3. The van der Waals surface area contributed by atoms with Crippen molar-refractivity contribution in [1.82, 2.24) is 10.2 Å². The maximum absolute atomic E-state index is 13.1. The van der Waals surface area contributed by atoms with Crippen LogP contribution in [0.25, 0.3) is 11.1 Å². The van der Waals surface area contributed by atoms with Gasteiger partial charge in [0.1, 0.15) is 5.75 Å². The first kappa shape index (κ1) is 20.7. The van der Waals surface area contributed by atoms with Gasteiger partial charge in [-0.1, -0.05) is 60.7 Å². The van der Waals surface area contributed by atoms with E-state index in [1.165, 1.54) is 0 Å². The molecule has 0 aliphatic carbocycles. The van der Waals surface area contributed by atoms with Gasteiger partial charge < -0.3 is 15.0 Å². The number of carbonyl (C=O) groups is 2. The molecular formula is C26H26N2O3. The molecule has 5 nitrogen and oxygen atoms in total. The molecule has 0 aromatic heterocycles. The second kappa shape index (κ2) is 9.47. The number of benzene rings is 3. The first-order valence-electron chi connectivity index (χ1n) is 10.5. The molecule has 1 aliphatic rings. The third-order valence-electron chi connectivity index (χ3n) is 5.64. The molecule has 3 aromatic rings. The fourth-order valence-corrected chi connectivity index (χ4v) is 3.93. The molecule has 1 saturated heterocycles. The van der Waals surface area contributed by atoms with Crippen molar-refractivity contribution < 1.29 is 14.3 Å². The lowest BCUT2D eigenvalue weighted by molar-refractivity contribution is -0.124. The Hall–Kier alpha value is -3.60. The van der Waals surface area contributed by atoms with E-state index in [-0.39, 0.29) is 17.7 Å². The highest BCUT2D eigenvalue weighted by Gasteiger charge is 2.28. The van der Waals surface area contributed by atoms with Gasteiger partial charge in [0.15, 0.2) is 0 Å². The Balaban J connectivity index is 1.48. The second-order valence-electron chi connectivity index (χ2n) is 7.74. The predicted octanol–water partition coefficient (Wildman–Crippen LogP) is 3.79. The second-order valence-corrected chi connectivity index (χ2v) is 7.74. The van der Waals surface area contributed by atoms with Crippen LogP contribution in [-0.2, 0) is 11.2 Å². The highest BCUT2D eigenvalue weighted by atomic mass is 16.5. The Kier molecular flexibility index (Phi) is 6.32. The predicted molar refractivity (Wildman–Crippen MR) is 121 cm³/mol. The van der Waals surface area contributed by atoms with E-state index in [0.717, 1.165) is 16.7 Å². The van der Waals surface area contributed by atoms with Crippen molar-refractivity contribution in [3.8, 4) is 16.9 Å². The van der Waals surface area contributed by atoms with Crippen molar-refractivity contribution in [3.05, 3.63) is 90.0 Å². The zero-order valence-corrected chi connectivity index (χ0v) is 17.6. The summed E-state index contributed by atoms with van der Waals surface area (Å²) in [6, 6.07) is 25.6. The number of methoxy groups -OCH3 is 1. The zero-order chi connectivity index (χ0) is 21.6. The lowest BCUT2D eigenvalue weighted by Gasteiger charge is -2.23. The van der Waals surface area contributed by atoms with Crippen LogP contribution in [0.15, 0.2) is 78.9 Å². The lowest BCUT2D eigenvalue weighted by atomic mass is 9.96. The van der Waals surface area contributed by atoms with Crippen LogP contribution in [-0.4, -0.2) is 43.5 Å². The quantitative estimate of drug-likeness (QED) is 0.691. The molecular weight excluding hydrogens is 388 g/mol. The molecule has 3 aromatic carbocycles. The van der Waals surface area contributed by atoms with Gasteiger partial charge in [-0.05, 0) is 41.3 Å². The Morgan fingerprint density at radius 2 is 1.74 bits per heavy atom. The number of nitrogens with zero attached hydrogens (tertiary/aromatic N) is 1. The first-order chi connectivity index (χ1) is 15.1. The average Bonchev–Trinajstić information content (AvgIpc) is 3.01. The van der Waals surface area contributed by atoms with Crippen LogP contribution < -0.4 is 10.1 Å². The summed E-state index contributed by atoms with van der Waals surface area (Å²) in [5.41, 5.74) is 3.95. The van der Waals surface area contributed by atoms with Crippen LogP contribution >= 0.6 is 0 Å². The Bertz CT molecular complexity index is 1050. The number of rotatable bonds is 5. The Labute approximate surface area is 182 Å². The standard InChI is InChI=1S/C26H26N2O3/c1-31-24-9-5-8-22(17-24)26(30)28-15-14-27-25(29)23(18-28)16-19-10-12-21(13-11-19)20-6-3-2-4-7-20/h2-13,17,23H,14-16,18H2,1H3,(H,27,29). The maximum Gasteiger partial charge on any atom is 0.254 e. The number of amides is 2. The molecule has 0 spiro atoms. The van der Waals surface area contributed by atoms with Crippen molar-refractivity contribution >= 4 is 11.8 Å². The minimum atomic E-state index is -0.292. The number of hydrogen-bond donors (Lipinski definition) is 1. The van der Waals surface area contributed by atoms with Crippen LogP contribution in [0.3, 0.4) is 0 Å². The van der Waals surface area contributed by atoms with E-state index in [1.807, 2.05) is 24.3 Å². The van der Waals surface area contributed by atoms with Gasteiger partial charge in [-0.3, -0.25) is 9.59 Å². The summed E-state index contributed by atoms with van der Waals surface area (Å²) < 4.78 is 5.24. The Morgan fingerprint density at radius 3 is 2.48 bits per heavy atom. The molecule has 1 atom stereocenters. The normalized spacial score (nSPS) is 16.4. The average molecular weight is 415 g/mol. The molecule has 1 fully saturated rings. The summed E-state index contributed by atoms with van der Waals surface area (Å²) in [4.78, 5) is 27.5. The zero-order valence-electron chi connectivity index (χ0n) is 17.6. The molecule has 1 N–H and O–H groups in total. The molecule has 1 unspecified atom stereocenters. The van der Waals surface area contributed by atoms with Crippen LogP contribution in [0.2, 0.25) is 0 Å². The molecule has 1 aliphatic heterocycles. The first-order valence-corrected chi connectivity index (χ1v) is 10.5. The van der Waals surface area contributed by atoms with Gasteiger partial charge in [0.2, 0.25) is 5.91 Å². The van der Waals surface area contributed by atoms with Gasteiger partial charge in [0.05, 0.1) is 13.0 Å². The van der Waals surface area contributed by atoms with E-state index in [9.17, 15) is 9.59 Å². The maximum atomic E-state index is 13.1. The molecule has 31 heavy (non-hydrogen) atoms. The van der Waals surface area contributed by atoms with Crippen molar-refractivity contribution in [3.63, 3.8) is 0 Å². The third-order valence-corrected chi connectivity index (χ3v) is 5.64. The summed E-state index contributed by atoms with van der Waals surface area (Å²) in [6.07, 6.45) is 0.586. The molecule has 5 heteroatoms. The molecule has 1 heterocycles. The summed E-state index contributed by atoms with van der Waals surface area (Å²) in [7, 11) is 1.58. The number of carbonyl (C=O) groups excluding carboxylic acids is 2. The molecule has 0 saturated carbocycles. The van der Waals surface area contributed by atoms with Crippen molar-refractivity contribution in [2.45, 2.75) is 6.42 Å². The summed E-state index contributed by atoms with van der Waals surface area (Å²) in [6.45, 7) is 1.34. The lowest BCUT2D eigenvalue weighted by Crippen LogP contribution is -2.37.